The van der Waals surface area contributed by atoms with E-state index in [-0.39, 0.29) is 11.6 Å². The number of Topliss-reactive ketones (excluding diaryl/α,β-unsaturated/α-hetero) is 1. The fourth-order valence-electron chi connectivity index (χ4n) is 1.48. The van der Waals surface area contributed by atoms with Crippen LogP contribution in [0.4, 0.5) is 5.82 Å². The Morgan fingerprint density at radius 2 is 2.00 bits per heavy atom. The first kappa shape index (κ1) is 10.4. The Kier molecular flexibility index (Phi) is 2.68. The number of nitrogen functional groups attached to an aromatic ring is 1. The van der Waals surface area contributed by atoms with Gasteiger partial charge in [-0.2, -0.15) is 0 Å². The molecule has 2 N–H and O–H groups in total. The van der Waals surface area contributed by atoms with Gasteiger partial charge in [-0.1, -0.05) is 35.5 Å². The molecule has 0 spiro atoms. The second-order valence-electron chi connectivity index (χ2n) is 3.49. The Labute approximate surface area is 92.2 Å². The minimum atomic E-state index is -0.450. The van der Waals surface area contributed by atoms with E-state index >= 15 is 0 Å². The minimum absolute atomic E-state index is 0.0528. The van der Waals surface area contributed by atoms with E-state index in [4.69, 9.17) is 5.73 Å². The second kappa shape index (κ2) is 4.14. The Morgan fingerprint density at radius 3 is 2.56 bits per heavy atom. The van der Waals surface area contributed by atoms with Crippen molar-refractivity contribution in [2.24, 2.45) is 0 Å². The van der Waals surface area contributed by atoms with Crippen LogP contribution in [0.15, 0.2) is 35.0 Å². The summed E-state index contributed by atoms with van der Waals surface area (Å²) in [4.78, 5) is 12.0. The van der Waals surface area contributed by atoms with Crippen molar-refractivity contribution in [3.8, 4) is 0 Å². The number of carbonyl (C=O) groups excluding carboxylic acids is 1. The third kappa shape index (κ3) is 1.79. The third-order valence-electron chi connectivity index (χ3n) is 2.40. The number of anilines is 1. The van der Waals surface area contributed by atoms with E-state index in [1.54, 1.807) is 19.1 Å². The lowest BCUT2D eigenvalue weighted by molar-refractivity contribution is 0.0963. The van der Waals surface area contributed by atoms with Gasteiger partial charge in [0.2, 0.25) is 0 Å². The molecule has 0 amide bonds. The number of aromatic nitrogens is 2. The van der Waals surface area contributed by atoms with E-state index in [2.05, 4.69) is 14.9 Å². The monoisotopic (exact) mass is 217 g/mol. The number of carbonyl (C=O) groups is 1. The van der Waals surface area contributed by atoms with Gasteiger partial charge >= 0.3 is 0 Å². The van der Waals surface area contributed by atoms with Crippen LogP contribution in [0.5, 0.6) is 0 Å². The van der Waals surface area contributed by atoms with Crippen LogP contribution < -0.4 is 5.73 Å². The van der Waals surface area contributed by atoms with Gasteiger partial charge in [0.05, 0.1) is 5.92 Å². The number of rotatable bonds is 3. The van der Waals surface area contributed by atoms with Crippen LogP contribution in [-0.4, -0.2) is 16.1 Å². The molecule has 2 rings (SSSR count). The van der Waals surface area contributed by atoms with Crippen molar-refractivity contribution in [2.45, 2.75) is 12.8 Å². The summed E-state index contributed by atoms with van der Waals surface area (Å²) in [6.07, 6.45) is 0. The zero-order valence-corrected chi connectivity index (χ0v) is 8.75. The molecule has 82 valence electrons. The molecule has 0 fully saturated rings. The standard InChI is InChI=1S/C11H11N3O2/c1-7(9-11(12)14-16-13-9)10(15)8-5-3-2-4-6-8/h2-7H,1H3,(H2,12,14). The number of nitrogens with two attached hydrogens (primary N) is 1. The van der Waals surface area contributed by atoms with Gasteiger partial charge in [0.25, 0.3) is 0 Å². The molecule has 1 heterocycles. The number of nitrogens with zero attached hydrogens (tertiary/aromatic N) is 2. The lowest BCUT2D eigenvalue weighted by atomic mass is 9.96. The Hall–Kier alpha value is -2.17. The number of ketones is 1. The maximum atomic E-state index is 12.0. The van der Waals surface area contributed by atoms with Gasteiger partial charge in [-0.15, -0.1) is 0 Å². The van der Waals surface area contributed by atoms with Crippen LogP contribution in [0.3, 0.4) is 0 Å². The molecule has 2 aromatic rings. The summed E-state index contributed by atoms with van der Waals surface area (Å²) in [6.45, 7) is 1.73. The summed E-state index contributed by atoms with van der Waals surface area (Å²) in [5, 5.41) is 7.08. The Bertz CT molecular complexity index is 493. The predicted molar refractivity (Wildman–Crippen MR) is 57.9 cm³/mol. The summed E-state index contributed by atoms with van der Waals surface area (Å²) in [5.74, 6) is -0.339. The summed E-state index contributed by atoms with van der Waals surface area (Å²) in [5.41, 5.74) is 6.54. The van der Waals surface area contributed by atoms with E-state index in [1.165, 1.54) is 0 Å². The molecule has 1 atom stereocenters. The molecule has 1 aromatic carbocycles. The Morgan fingerprint density at radius 1 is 1.31 bits per heavy atom. The largest absolute Gasteiger partial charge is 0.379 e. The fourth-order valence-corrected chi connectivity index (χ4v) is 1.48. The Balaban J connectivity index is 2.27. The van der Waals surface area contributed by atoms with Gasteiger partial charge in [0.15, 0.2) is 11.6 Å². The molecule has 0 aliphatic rings. The maximum Gasteiger partial charge on any atom is 0.192 e. The fraction of sp³-hybridized carbons (Fsp3) is 0.182. The van der Waals surface area contributed by atoms with Crippen LogP contribution >= 0.6 is 0 Å². The highest BCUT2D eigenvalue weighted by molar-refractivity contribution is 6.00. The summed E-state index contributed by atoms with van der Waals surface area (Å²) < 4.78 is 4.48. The van der Waals surface area contributed by atoms with E-state index < -0.39 is 5.92 Å². The SMILES string of the molecule is CC(C(=O)c1ccccc1)c1nonc1N. The summed E-state index contributed by atoms with van der Waals surface area (Å²) in [7, 11) is 0. The number of hydrogen-bond acceptors (Lipinski definition) is 5. The first-order valence-electron chi connectivity index (χ1n) is 4.87. The lowest BCUT2D eigenvalue weighted by Gasteiger charge is -2.06. The van der Waals surface area contributed by atoms with Crippen molar-refractivity contribution in [1.29, 1.82) is 0 Å². The van der Waals surface area contributed by atoms with Crippen molar-refractivity contribution >= 4 is 11.6 Å². The van der Waals surface area contributed by atoms with Crippen molar-refractivity contribution in [3.63, 3.8) is 0 Å². The van der Waals surface area contributed by atoms with Gasteiger partial charge in [-0.25, -0.2) is 4.63 Å². The zero-order valence-electron chi connectivity index (χ0n) is 8.75. The normalized spacial score (nSPS) is 12.3. The molecular weight excluding hydrogens is 206 g/mol. The van der Waals surface area contributed by atoms with Gasteiger partial charge in [0, 0.05) is 5.56 Å². The van der Waals surface area contributed by atoms with Crippen LogP contribution in [0.1, 0.15) is 28.9 Å². The molecule has 0 saturated carbocycles. The number of benzene rings is 1. The van der Waals surface area contributed by atoms with Gasteiger partial charge in [0.1, 0.15) is 5.69 Å². The first-order valence-corrected chi connectivity index (χ1v) is 4.87. The zero-order chi connectivity index (χ0) is 11.5. The number of hydrogen-bond donors (Lipinski definition) is 1. The van der Waals surface area contributed by atoms with Gasteiger partial charge in [-0.05, 0) is 12.1 Å². The van der Waals surface area contributed by atoms with E-state index in [0.717, 1.165) is 0 Å². The molecule has 0 bridgehead atoms. The third-order valence-corrected chi connectivity index (χ3v) is 2.40. The molecule has 0 aliphatic heterocycles. The molecule has 1 aromatic heterocycles. The maximum absolute atomic E-state index is 12.0. The highest BCUT2D eigenvalue weighted by Gasteiger charge is 2.23. The van der Waals surface area contributed by atoms with Crippen LogP contribution in [0, 0.1) is 0 Å². The lowest BCUT2D eigenvalue weighted by Crippen LogP contribution is -2.11. The molecule has 16 heavy (non-hydrogen) atoms. The van der Waals surface area contributed by atoms with Crippen LogP contribution in [0.25, 0.3) is 0 Å². The van der Waals surface area contributed by atoms with E-state index in [9.17, 15) is 4.79 Å². The molecule has 1 unspecified atom stereocenters. The van der Waals surface area contributed by atoms with Crippen molar-refractivity contribution in [1.82, 2.24) is 10.3 Å². The topological polar surface area (TPSA) is 82.0 Å². The summed E-state index contributed by atoms with van der Waals surface area (Å²) in [6, 6.07) is 8.98. The average Bonchev–Trinajstić information content (AvgIpc) is 2.75. The molecular formula is C11H11N3O2. The van der Waals surface area contributed by atoms with E-state index in [0.29, 0.717) is 11.3 Å². The highest BCUT2D eigenvalue weighted by Crippen LogP contribution is 2.22. The molecule has 0 radical (unpaired) electrons. The van der Waals surface area contributed by atoms with Crippen molar-refractivity contribution < 1.29 is 9.42 Å². The molecule has 5 heteroatoms. The second-order valence-corrected chi connectivity index (χ2v) is 3.49. The molecule has 0 aliphatic carbocycles. The molecule has 0 saturated heterocycles. The van der Waals surface area contributed by atoms with Crippen LogP contribution in [-0.2, 0) is 0 Å². The first-order chi connectivity index (χ1) is 7.70. The summed E-state index contributed by atoms with van der Waals surface area (Å²) >= 11 is 0. The van der Waals surface area contributed by atoms with Crippen LogP contribution in [0.2, 0.25) is 0 Å². The predicted octanol–water partition coefficient (Wildman–Crippen LogP) is 1.64. The quantitative estimate of drug-likeness (QED) is 0.790. The minimum Gasteiger partial charge on any atom is -0.379 e. The van der Waals surface area contributed by atoms with Crippen molar-refractivity contribution in [3.05, 3.63) is 41.6 Å². The molecule has 5 nitrogen and oxygen atoms in total. The highest BCUT2D eigenvalue weighted by atomic mass is 16.6. The average molecular weight is 217 g/mol. The van der Waals surface area contributed by atoms with Gasteiger partial charge < -0.3 is 5.73 Å². The smallest absolute Gasteiger partial charge is 0.192 e. The van der Waals surface area contributed by atoms with Crippen molar-refractivity contribution in [2.75, 3.05) is 5.73 Å². The van der Waals surface area contributed by atoms with E-state index in [1.807, 2.05) is 18.2 Å². The van der Waals surface area contributed by atoms with Gasteiger partial charge in [-0.3, -0.25) is 4.79 Å².